The summed E-state index contributed by atoms with van der Waals surface area (Å²) in [4.78, 5) is 19.1. The molecule has 4 rings (SSSR count). The molecule has 0 bridgehead atoms. The zero-order chi connectivity index (χ0) is 23.4. The molecule has 0 aliphatic carbocycles. The molecule has 3 aromatic rings. The summed E-state index contributed by atoms with van der Waals surface area (Å²) in [6.07, 6.45) is 8.35. The molecule has 176 valence electrons. The lowest BCUT2D eigenvalue weighted by molar-refractivity contribution is 0.0523. The smallest absolute Gasteiger partial charge is 0.407 e. The van der Waals surface area contributed by atoms with Gasteiger partial charge in [0.05, 0.1) is 11.2 Å². The summed E-state index contributed by atoms with van der Waals surface area (Å²) < 4.78 is 7.26. The lowest BCUT2D eigenvalue weighted by Gasteiger charge is -2.26. The predicted octanol–water partition coefficient (Wildman–Crippen LogP) is 4.76. The SMILES string of the molecule is Cc1cc(-c2ncnn3cc(CCN4CCCCC4)cc23)ccc1CNC(=O)OC(C)(C)C. The zero-order valence-electron chi connectivity index (χ0n) is 20.2. The standard InChI is InChI=1S/C26H35N5O2/c1-19-14-21(8-9-22(19)16-27-25(32)33-26(2,3)4)24-23-15-20(17-31(23)29-18-28-24)10-13-30-11-6-5-7-12-30/h8-9,14-15,17-18H,5-7,10-13,16H2,1-4H3,(H,27,32). The van der Waals surface area contributed by atoms with Gasteiger partial charge in [-0.1, -0.05) is 18.6 Å². The first-order valence-electron chi connectivity index (χ1n) is 11.9. The second-order valence-electron chi connectivity index (χ2n) is 9.94. The van der Waals surface area contributed by atoms with Crippen LogP contribution in [0.1, 0.15) is 56.7 Å². The first-order chi connectivity index (χ1) is 15.8. The number of hydrogen-bond donors (Lipinski definition) is 1. The Hall–Kier alpha value is -2.93. The van der Waals surface area contributed by atoms with Crippen LogP contribution in [0.15, 0.2) is 36.8 Å². The first kappa shape index (κ1) is 23.2. The van der Waals surface area contributed by atoms with Crippen molar-refractivity contribution in [3.63, 3.8) is 0 Å². The van der Waals surface area contributed by atoms with Gasteiger partial charge in [-0.2, -0.15) is 5.10 Å². The van der Waals surface area contributed by atoms with Crippen LogP contribution in [0, 0.1) is 6.92 Å². The summed E-state index contributed by atoms with van der Waals surface area (Å²) in [5, 5.41) is 7.27. The molecule has 0 atom stereocenters. The molecule has 1 aliphatic rings. The van der Waals surface area contributed by atoms with Crippen molar-refractivity contribution in [2.45, 2.75) is 65.5 Å². The normalized spacial score (nSPS) is 15.0. The van der Waals surface area contributed by atoms with Gasteiger partial charge in [0.25, 0.3) is 0 Å². The number of benzene rings is 1. The predicted molar refractivity (Wildman–Crippen MR) is 130 cm³/mol. The monoisotopic (exact) mass is 449 g/mol. The number of fused-ring (bicyclic) bond motifs is 1. The van der Waals surface area contributed by atoms with Crippen molar-refractivity contribution in [3.05, 3.63) is 53.5 Å². The van der Waals surface area contributed by atoms with Crippen molar-refractivity contribution in [1.29, 1.82) is 0 Å². The van der Waals surface area contributed by atoms with Gasteiger partial charge in [0, 0.05) is 24.8 Å². The van der Waals surface area contributed by atoms with E-state index in [-0.39, 0.29) is 0 Å². The Labute approximate surface area is 196 Å². The second-order valence-corrected chi connectivity index (χ2v) is 9.94. The summed E-state index contributed by atoms with van der Waals surface area (Å²) in [5.41, 5.74) is 5.91. The number of nitrogens with zero attached hydrogens (tertiary/aromatic N) is 4. The van der Waals surface area contributed by atoms with Crippen LogP contribution < -0.4 is 5.32 Å². The van der Waals surface area contributed by atoms with Gasteiger partial charge in [0.1, 0.15) is 11.9 Å². The highest BCUT2D eigenvalue weighted by atomic mass is 16.6. The number of likely N-dealkylation sites (tertiary alicyclic amines) is 1. The molecule has 7 heteroatoms. The van der Waals surface area contributed by atoms with Crippen LogP contribution in [0.5, 0.6) is 0 Å². The van der Waals surface area contributed by atoms with Crippen molar-refractivity contribution in [1.82, 2.24) is 24.8 Å². The molecular formula is C26H35N5O2. The quantitative estimate of drug-likeness (QED) is 0.588. The fraction of sp³-hybridized carbons (Fsp3) is 0.500. The van der Waals surface area contributed by atoms with Crippen molar-refractivity contribution in [2.24, 2.45) is 0 Å². The fourth-order valence-corrected chi connectivity index (χ4v) is 4.34. The number of carbonyl (C=O) groups is 1. The highest BCUT2D eigenvalue weighted by Gasteiger charge is 2.17. The Balaban J connectivity index is 1.47. The molecule has 1 aromatic carbocycles. The number of rotatable bonds is 6. The molecule has 7 nitrogen and oxygen atoms in total. The molecule has 3 heterocycles. The molecule has 33 heavy (non-hydrogen) atoms. The minimum absolute atomic E-state index is 0.409. The molecule has 1 fully saturated rings. The number of ether oxygens (including phenoxy) is 1. The molecule has 0 radical (unpaired) electrons. The van der Waals surface area contributed by atoms with Gasteiger partial charge in [0.15, 0.2) is 0 Å². The van der Waals surface area contributed by atoms with Gasteiger partial charge >= 0.3 is 6.09 Å². The van der Waals surface area contributed by atoms with E-state index < -0.39 is 11.7 Å². The molecule has 2 aromatic heterocycles. The third kappa shape index (κ3) is 6.11. The highest BCUT2D eigenvalue weighted by molar-refractivity contribution is 5.77. The number of piperidine rings is 1. The van der Waals surface area contributed by atoms with E-state index in [1.54, 1.807) is 6.33 Å². The Morgan fingerprint density at radius 2 is 1.94 bits per heavy atom. The van der Waals surface area contributed by atoms with Crippen LogP contribution in [0.3, 0.4) is 0 Å². The Kier molecular flexibility index (Phi) is 6.98. The number of nitrogens with one attached hydrogen (secondary N) is 1. The topological polar surface area (TPSA) is 71.8 Å². The van der Waals surface area contributed by atoms with Crippen LogP contribution in [0.4, 0.5) is 4.79 Å². The van der Waals surface area contributed by atoms with Gasteiger partial charge in [0.2, 0.25) is 0 Å². The maximum atomic E-state index is 12.0. The maximum absolute atomic E-state index is 12.0. The summed E-state index contributed by atoms with van der Waals surface area (Å²) in [6.45, 7) is 11.6. The highest BCUT2D eigenvalue weighted by Crippen LogP contribution is 2.26. The first-order valence-corrected chi connectivity index (χ1v) is 11.9. The van der Waals surface area contributed by atoms with Crippen LogP contribution in [0.25, 0.3) is 16.8 Å². The fourth-order valence-electron chi connectivity index (χ4n) is 4.34. The molecule has 0 saturated carbocycles. The van der Waals surface area contributed by atoms with Gasteiger partial charge in [-0.25, -0.2) is 14.3 Å². The van der Waals surface area contributed by atoms with Crippen molar-refractivity contribution in [3.8, 4) is 11.3 Å². The molecule has 0 unspecified atom stereocenters. The molecular weight excluding hydrogens is 414 g/mol. The van der Waals surface area contributed by atoms with Crippen LogP contribution in [-0.4, -0.2) is 50.8 Å². The minimum Gasteiger partial charge on any atom is -0.444 e. The van der Waals surface area contributed by atoms with Crippen LogP contribution in [-0.2, 0) is 17.7 Å². The number of hydrogen-bond acceptors (Lipinski definition) is 5. The summed E-state index contributed by atoms with van der Waals surface area (Å²) in [6, 6.07) is 8.43. The van der Waals surface area contributed by atoms with Gasteiger partial charge < -0.3 is 15.0 Å². The van der Waals surface area contributed by atoms with Gasteiger partial charge in [-0.05, 0) is 88.9 Å². The van der Waals surface area contributed by atoms with E-state index in [1.807, 2.05) is 31.4 Å². The van der Waals surface area contributed by atoms with Crippen molar-refractivity contribution in [2.75, 3.05) is 19.6 Å². The van der Waals surface area contributed by atoms with E-state index in [4.69, 9.17) is 4.74 Å². The molecule has 1 N–H and O–H groups in total. The Morgan fingerprint density at radius 3 is 2.67 bits per heavy atom. The lowest BCUT2D eigenvalue weighted by atomic mass is 10.0. The van der Waals surface area contributed by atoms with Crippen molar-refractivity contribution < 1.29 is 9.53 Å². The van der Waals surface area contributed by atoms with E-state index in [2.05, 4.69) is 51.6 Å². The van der Waals surface area contributed by atoms with E-state index in [1.165, 1.54) is 37.9 Å². The summed E-state index contributed by atoms with van der Waals surface area (Å²) in [7, 11) is 0. The zero-order valence-corrected chi connectivity index (χ0v) is 20.2. The van der Waals surface area contributed by atoms with E-state index in [0.29, 0.717) is 6.54 Å². The van der Waals surface area contributed by atoms with E-state index in [0.717, 1.165) is 40.9 Å². The third-order valence-electron chi connectivity index (χ3n) is 6.07. The molecule has 1 saturated heterocycles. The van der Waals surface area contributed by atoms with Crippen molar-refractivity contribution >= 4 is 11.6 Å². The summed E-state index contributed by atoms with van der Waals surface area (Å²) >= 11 is 0. The number of aryl methyl sites for hydroxylation is 1. The molecule has 1 amide bonds. The molecule has 0 spiro atoms. The van der Waals surface area contributed by atoms with Gasteiger partial charge in [-0.15, -0.1) is 0 Å². The largest absolute Gasteiger partial charge is 0.444 e. The number of aromatic nitrogens is 3. The number of carbonyl (C=O) groups excluding carboxylic acids is 1. The average Bonchev–Trinajstić information content (AvgIpc) is 3.19. The van der Waals surface area contributed by atoms with E-state index in [9.17, 15) is 4.79 Å². The summed E-state index contributed by atoms with van der Waals surface area (Å²) in [5.74, 6) is 0. The lowest BCUT2D eigenvalue weighted by Crippen LogP contribution is -2.32. The Bertz CT molecular complexity index is 1110. The van der Waals surface area contributed by atoms with Gasteiger partial charge in [-0.3, -0.25) is 0 Å². The second kappa shape index (κ2) is 9.91. The van der Waals surface area contributed by atoms with E-state index >= 15 is 0 Å². The third-order valence-corrected chi connectivity index (χ3v) is 6.07. The van der Waals surface area contributed by atoms with Crippen LogP contribution >= 0.6 is 0 Å². The number of amides is 1. The minimum atomic E-state index is -0.509. The van der Waals surface area contributed by atoms with Crippen LogP contribution in [0.2, 0.25) is 0 Å². The number of alkyl carbamates (subject to hydrolysis) is 1. The maximum Gasteiger partial charge on any atom is 0.407 e. The Morgan fingerprint density at radius 1 is 1.15 bits per heavy atom. The average molecular weight is 450 g/mol. The molecule has 1 aliphatic heterocycles.